The number of methoxy groups -OCH3 is 1. The summed E-state index contributed by atoms with van der Waals surface area (Å²) in [6, 6.07) is 9.69. The van der Waals surface area contributed by atoms with Crippen molar-refractivity contribution in [2.45, 2.75) is 0 Å². The van der Waals surface area contributed by atoms with Crippen molar-refractivity contribution in [3.63, 3.8) is 0 Å². The van der Waals surface area contributed by atoms with Crippen molar-refractivity contribution in [2.24, 2.45) is 0 Å². The molecule has 0 aliphatic rings. The van der Waals surface area contributed by atoms with Crippen LogP contribution >= 0.6 is 23.2 Å². The Morgan fingerprint density at radius 3 is 2.52 bits per heavy atom. The molecule has 1 N–H and O–H groups in total. The molecule has 0 fully saturated rings. The minimum atomic E-state index is -0.323. The van der Waals surface area contributed by atoms with Crippen LogP contribution in [-0.2, 0) is 0 Å². The van der Waals surface area contributed by atoms with E-state index in [0.29, 0.717) is 16.3 Å². The number of halogens is 2. The van der Waals surface area contributed by atoms with Crippen molar-refractivity contribution >= 4 is 35.1 Å². The Kier molecular flexibility index (Phi) is 4.89. The minimum Gasteiger partial charge on any atom is -0.507 e. The Hall–Kier alpha value is -1.97. The number of benzene rings is 2. The molecule has 3 nitrogen and oxygen atoms in total. The van der Waals surface area contributed by atoms with Crippen molar-refractivity contribution < 1.29 is 14.6 Å². The summed E-state index contributed by atoms with van der Waals surface area (Å²) in [6.07, 6.45) is 2.88. The molecule has 0 radical (unpaired) electrons. The number of rotatable bonds is 4. The topological polar surface area (TPSA) is 46.5 Å². The molecule has 108 valence electrons. The van der Waals surface area contributed by atoms with Gasteiger partial charge in [0, 0.05) is 0 Å². The zero-order chi connectivity index (χ0) is 15.4. The second-order valence-electron chi connectivity index (χ2n) is 4.20. The van der Waals surface area contributed by atoms with Gasteiger partial charge in [-0.25, -0.2) is 0 Å². The molecule has 2 rings (SSSR count). The molecule has 2 aromatic carbocycles. The molecule has 0 aromatic heterocycles. The third-order valence-corrected chi connectivity index (χ3v) is 3.76. The van der Waals surface area contributed by atoms with Gasteiger partial charge >= 0.3 is 0 Å². The van der Waals surface area contributed by atoms with Crippen LogP contribution in [0.15, 0.2) is 42.5 Å². The lowest BCUT2D eigenvalue weighted by atomic mass is 10.1. The molecule has 0 heterocycles. The fraction of sp³-hybridized carbons (Fsp3) is 0.0625. The van der Waals surface area contributed by atoms with E-state index in [1.165, 1.54) is 19.3 Å². The van der Waals surface area contributed by atoms with Gasteiger partial charge in [-0.2, -0.15) is 0 Å². The third kappa shape index (κ3) is 3.38. The van der Waals surface area contributed by atoms with Crippen molar-refractivity contribution in [2.75, 3.05) is 7.11 Å². The van der Waals surface area contributed by atoms with E-state index in [9.17, 15) is 9.90 Å². The smallest absolute Gasteiger partial charge is 0.189 e. The highest BCUT2D eigenvalue weighted by molar-refractivity contribution is 6.43. The lowest BCUT2D eigenvalue weighted by Gasteiger charge is -2.06. The highest BCUT2D eigenvalue weighted by atomic mass is 35.5. The highest BCUT2D eigenvalue weighted by Gasteiger charge is 2.10. The van der Waals surface area contributed by atoms with Crippen LogP contribution in [0.4, 0.5) is 0 Å². The lowest BCUT2D eigenvalue weighted by molar-refractivity contribution is 0.104. The molecule has 0 aliphatic heterocycles. The first-order valence-corrected chi connectivity index (χ1v) is 6.82. The fourth-order valence-electron chi connectivity index (χ4n) is 1.77. The molecular weight excluding hydrogens is 311 g/mol. The number of phenolic OH excluding ortho intramolecular Hbond substituents is 1. The second-order valence-corrected chi connectivity index (χ2v) is 4.96. The largest absolute Gasteiger partial charge is 0.507 e. The first-order valence-electron chi connectivity index (χ1n) is 6.07. The first kappa shape index (κ1) is 15.4. The molecule has 0 aliphatic carbocycles. The van der Waals surface area contributed by atoms with Crippen molar-refractivity contribution in [3.05, 3.63) is 63.6 Å². The van der Waals surface area contributed by atoms with E-state index in [0.717, 1.165) is 0 Å². The maximum atomic E-state index is 12.0. The number of carbonyl (C=O) groups excluding carboxylic acids is 1. The number of ketones is 1. The van der Waals surface area contributed by atoms with Crippen LogP contribution in [-0.4, -0.2) is 18.0 Å². The molecule has 0 saturated carbocycles. The SMILES string of the molecule is COc1ccc(C=CC(=O)c2ccccc2O)c(Cl)c1Cl. The molecule has 5 heteroatoms. The lowest BCUT2D eigenvalue weighted by Crippen LogP contribution is -1.94. The number of phenols is 1. The summed E-state index contributed by atoms with van der Waals surface area (Å²) in [5.74, 6) is 0.0768. The highest BCUT2D eigenvalue weighted by Crippen LogP contribution is 2.35. The molecule has 0 spiro atoms. The van der Waals surface area contributed by atoms with Crippen molar-refractivity contribution in [1.29, 1.82) is 0 Å². The summed E-state index contributed by atoms with van der Waals surface area (Å²) in [7, 11) is 1.49. The summed E-state index contributed by atoms with van der Waals surface area (Å²) in [6.45, 7) is 0. The van der Waals surface area contributed by atoms with Gasteiger partial charge in [-0.1, -0.05) is 35.3 Å². The fourth-order valence-corrected chi connectivity index (χ4v) is 2.24. The van der Waals surface area contributed by atoms with Crippen LogP contribution < -0.4 is 4.74 Å². The summed E-state index contributed by atoms with van der Waals surface area (Å²) in [5, 5.41) is 10.2. The van der Waals surface area contributed by atoms with E-state index in [1.54, 1.807) is 36.4 Å². The van der Waals surface area contributed by atoms with Crippen molar-refractivity contribution in [1.82, 2.24) is 0 Å². The predicted octanol–water partition coefficient (Wildman–Crippen LogP) is 4.60. The van der Waals surface area contributed by atoms with Gasteiger partial charge in [0.2, 0.25) is 0 Å². The number of hydrogen-bond donors (Lipinski definition) is 1. The van der Waals surface area contributed by atoms with Gasteiger partial charge in [-0.05, 0) is 42.0 Å². The van der Waals surface area contributed by atoms with Crippen LogP contribution in [0.3, 0.4) is 0 Å². The zero-order valence-electron chi connectivity index (χ0n) is 11.1. The standard InChI is InChI=1S/C16H12Cl2O3/c1-21-14-9-7-10(15(17)16(14)18)6-8-13(20)11-4-2-3-5-12(11)19/h2-9,19H,1H3. The maximum Gasteiger partial charge on any atom is 0.189 e. The molecule has 21 heavy (non-hydrogen) atoms. The van der Waals surface area contributed by atoms with E-state index in [4.69, 9.17) is 27.9 Å². The zero-order valence-corrected chi connectivity index (χ0v) is 12.7. The van der Waals surface area contributed by atoms with Crippen LogP contribution in [0.5, 0.6) is 11.5 Å². The summed E-state index contributed by atoms with van der Waals surface area (Å²) in [5.41, 5.74) is 0.815. The Labute approximate surface area is 132 Å². The third-order valence-electron chi connectivity index (χ3n) is 2.88. The molecule has 0 saturated heterocycles. The Balaban J connectivity index is 2.28. The van der Waals surface area contributed by atoms with Crippen LogP contribution in [0, 0.1) is 0 Å². The first-order chi connectivity index (χ1) is 10.0. The van der Waals surface area contributed by atoms with Crippen molar-refractivity contribution in [3.8, 4) is 11.5 Å². The predicted molar refractivity (Wildman–Crippen MR) is 84.5 cm³/mol. The Morgan fingerprint density at radius 1 is 1.14 bits per heavy atom. The van der Waals surface area contributed by atoms with Crippen LogP contribution in [0.25, 0.3) is 6.08 Å². The van der Waals surface area contributed by atoms with E-state index < -0.39 is 0 Å². The van der Waals surface area contributed by atoms with E-state index in [1.807, 2.05) is 0 Å². The summed E-state index contributed by atoms with van der Waals surface area (Å²) in [4.78, 5) is 12.0. The van der Waals surface area contributed by atoms with E-state index >= 15 is 0 Å². The van der Waals surface area contributed by atoms with E-state index in [2.05, 4.69) is 0 Å². The quantitative estimate of drug-likeness (QED) is 0.660. The molecule has 0 bridgehead atoms. The maximum absolute atomic E-state index is 12.0. The second kappa shape index (κ2) is 6.66. The summed E-state index contributed by atoms with van der Waals surface area (Å²) < 4.78 is 5.05. The van der Waals surface area contributed by atoms with Gasteiger partial charge in [0.15, 0.2) is 5.78 Å². The Bertz CT molecular complexity index is 709. The molecule has 2 aromatic rings. The molecule has 0 amide bonds. The van der Waals surface area contributed by atoms with Gasteiger partial charge in [0.1, 0.15) is 16.5 Å². The van der Waals surface area contributed by atoms with Crippen LogP contribution in [0.2, 0.25) is 10.0 Å². The van der Waals surface area contributed by atoms with Gasteiger partial charge in [-0.3, -0.25) is 4.79 Å². The van der Waals surface area contributed by atoms with Gasteiger partial charge < -0.3 is 9.84 Å². The number of carbonyl (C=O) groups is 1. The Morgan fingerprint density at radius 2 is 1.86 bits per heavy atom. The van der Waals surface area contributed by atoms with Gasteiger partial charge in [-0.15, -0.1) is 0 Å². The molecule has 0 atom stereocenters. The molecule has 0 unspecified atom stereocenters. The number of allylic oxidation sites excluding steroid dienone is 1. The normalized spacial score (nSPS) is 10.8. The number of hydrogen-bond acceptors (Lipinski definition) is 3. The number of aromatic hydroxyl groups is 1. The average molecular weight is 323 g/mol. The number of ether oxygens (including phenoxy) is 1. The summed E-state index contributed by atoms with van der Waals surface area (Å²) >= 11 is 12.2. The monoisotopic (exact) mass is 322 g/mol. The van der Waals surface area contributed by atoms with Gasteiger partial charge in [0.25, 0.3) is 0 Å². The minimum absolute atomic E-state index is 0.0639. The average Bonchev–Trinajstić information content (AvgIpc) is 2.49. The molecular formula is C16H12Cl2O3. The van der Waals surface area contributed by atoms with Crippen LogP contribution in [0.1, 0.15) is 15.9 Å². The number of para-hydroxylation sites is 1. The van der Waals surface area contributed by atoms with Gasteiger partial charge in [0.05, 0.1) is 17.7 Å². The van der Waals surface area contributed by atoms with E-state index in [-0.39, 0.29) is 22.1 Å².